The lowest BCUT2D eigenvalue weighted by Crippen LogP contribution is -2.20. The predicted octanol–water partition coefficient (Wildman–Crippen LogP) is 1.21. The molecule has 0 unspecified atom stereocenters. The molecule has 3 heterocycles. The molecular weight excluding hydrogens is 310 g/mol. The zero-order valence-corrected chi connectivity index (χ0v) is 12.6. The van der Waals surface area contributed by atoms with E-state index in [9.17, 15) is 9.59 Å². The van der Waals surface area contributed by atoms with E-state index < -0.39 is 5.97 Å². The second kappa shape index (κ2) is 5.27. The van der Waals surface area contributed by atoms with Gasteiger partial charge in [-0.3, -0.25) is 9.36 Å². The quantitative estimate of drug-likeness (QED) is 0.515. The molecule has 0 spiro atoms. The lowest BCUT2D eigenvalue weighted by Gasteiger charge is -2.07. The largest absolute Gasteiger partial charge is 0.465 e. The summed E-state index contributed by atoms with van der Waals surface area (Å²) in [6.45, 7) is 0. The van der Waals surface area contributed by atoms with Crippen LogP contribution in [-0.2, 0) is 4.74 Å². The molecule has 0 N–H and O–H groups in total. The van der Waals surface area contributed by atoms with E-state index in [-0.39, 0.29) is 22.3 Å². The molecule has 0 radical (unpaired) electrons. The Hall–Kier alpha value is -3.55. The topological polar surface area (TPSA) is 91.4 Å². The molecule has 0 aliphatic rings. The zero-order valence-electron chi connectivity index (χ0n) is 12.6. The highest BCUT2D eigenvalue weighted by Gasteiger charge is 2.18. The first-order valence-electron chi connectivity index (χ1n) is 7.10. The summed E-state index contributed by atoms with van der Waals surface area (Å²) in [5.74, 6) is -0.559. The van der Waals surface area contributed by atoms with Crippen molar-refractivity contribution in [3.05, 3.63) is 64.7 Å². The van der Waals surface area contributed by atoms with Crippen molar-refractivity contribution in [2.24, 2.45) is 0 Å². The van der Waals surface area contributed by atoms with E-state index in [1.807, 2.05) is 30.3 Å². The first-order chi connectivity index (χ1) is 11.7. The summed E-state index contributed by atoms with van der Waals surface area (Å²) >= 11 is 0. The van der Waals surface area contributed by atoms with Gasteiger partial charge in [-0.1, -0.05) is 18.2 Å². The van der Waals surface area contributed by atoms with E-state index in [0.717, 1.165) is 5.69 Å². The second-order valence-electron chi connectivity index (χ2n) is 5.05. The molecule has 118 valence electrons. The predicted molar refractivity (Wildman–Crippen MR) is 85.2 cm³/mol. The molecule has 0 bridgehead atoms. The summed E-state index contributed by atoms with van der Waals surface area (Å²) in [4.78, 5) is 24.4. The van der Waals surface area contributed by atoms with Gasteiger partial charge in [0.25, 0.3) is 5.56 Å². The van der Waals surface area contributed by atoms with Crippen molar-refractivity contribution in [3.8, 4) is 5.69 Å². The highest BCUT2D eigenvalue weighted by Crippen LogP contribution is 2.14. The van der Waals surface area contributed by atoms with E-state index in [2.05, 4.69) is 20.0 Å². The molecule has 4 rings (SSSR count). The smallest absolute Gasteiger partial charge is 0.343 e. The van der Waals surface area contributed by atoms with E-state index >= 15 is 0 Å². The number of hydrogen-bond acceptors (Lipinski definition) is 6. The lowest BCUT2D eigenvalue weighted by molar-refractivity contribution is 0.0602. The van der Waals surface area contributed by atoms with Gasteiger partial charge in [-0.05, 0) is 18.2 Å². The summed E-state index contributed by atoms with van der Waals surface area (Å²) in [5.41, 5.74) is 1.47. The fourth-order valence-electron chi connectivity index (χ4n) is 2.54. The Morgan fingerprint density at radius 1 is 1.12 bits per heavy atom. The first-order valence-corrected chi connectivity index (χ1v) is 7.10. The maximum Gasteiger partial charge on any atom is 0.343 e. The van der Waals surface area contributed by atoms with Crippen molar-refractivity contribution >= 4 is 22.6 Å². The Labute approximate surface area is 134 Å². The van der Waals surface area contributed by atoms with Crippen LogP contribution in [0.2, 0.25) is 0 Å². The number of ether oxygens (including phenoxy) is 1. The van der Waals surface area contributed by atoms with Gasteiger partial charge in [-0.2, -0.15) is 5.10 Å². The Kier molecular flexibility index (Phi) is 3.09. The molecule has 24 heavy (non-hydrogen) atoms. The molecule has 1 aromatic carbocycles. The number of para-hydroxylation sites is 1. The number of pyridine rings is 1. The monoisotopic (exact) mass is 321 g/mol. The molecular formula is C16H11N5O3. The van der Waals surface area contributed by atoms with Gasteiger partial charge in [0.2, 0.25) is 0 Å². The summed E-state index contributed by atoms with van der Waals surface area (Å²) in [6.07, 6.45) is 2.98. The molecule has 0 atom stereocenters. The van der Waals surface area contributed by atoms with Crippen molar-refractivity contribution in [1.82, 2.24) is 24.4 Å². The van der Waals surface area contributed by atoms with Crippen molar-refractivity contribution in [2.75, 3.05) is 7.11 Å². The summed E-state index contributed by atoms with van der Waals surface area (Å²) in [5, 5.41) is 12.1. The molecule has 3 aromatic heterocycles. The van der Waals surface area contributed by atoms with E-state index in [0.29, 0.717) is 5.52 Å². The summed E-state index contributed by atoms with van der Waals surface area (Å²) in [6, 6.07) is 10.9. The van der Waals surface area contributed by atoms with Crippen molar-refractivity contribution in [3.63, 3.8) is 0 Å². The summed E-state index contributed by atoms with van der Waals surface area (Å²) < 4.78 is 7.58. The number of benzene rings is 1. The van der Waals surface area contributed by atoms with Crippen LogP contribution in [-0.4, -0.2) is 37.5 Å². The second-order valence-corrected chi connectivity index (χ2v) is 5.05. The molecule has 0 aliphatic heterocycles. The maximum absolute atomic E-state index is 12.7. The van der Waals surface area contributed by atoms with Crippen molar-refractivity contribution in [1.29, 1.82) is 0 Å². The van der Waals surface area contributed by atoms with Gasteiger partial charge in [0.05, 0.1) is 13.3 Å². The Morgan fingerprint density at radius 2 is 1.92 bits per heavy atom. The number of nitrogens with zero attached hydrogens (tertiary/aromatic N) is 5. The van der Waals surface area contributed by atoms with Crippen LogP contribution in [0, 0.1) is 0 Å². The lowest BCUT2D eigenvalue weighted by atomic mass is 10.3. The number of hydrogen-bond donors (Lipinski definition) is 0. The third kappa shape index (κ3) is 1.97. The van der Waals surface area contributed by atoms with Crippen molar-refractivity contribution in [2.45, 2.75) is 0 Å². The van der Waals surface area contributed by atoms with Gasteiger partial charge >= 0.3 is 5.97 Å². The third-order valence-electron chi connectivity index (χ3n) is 3.70. The average molecular weight is 321 g/mol. The average Bonchev–Trinajstić information content (AvgIpc) is 3.06. The van der Waals surface area contributed by atoms with Crippen LogP contribution in [0.3, 0.4) is 0 Å². The standard InChI is InChI=1S/C16H11N5O3/c1-24-16(23)11-9-17-21-12-7-8-20(10-5-3-2-4-6-10)15(22)13(12)18-19-14(11)21/h2-9H,1H3. The van der Waals surface area contributed by atoms with Gasteiger partial charge in [-0.15, -0.1) is 10.2 Å². The SMILES string of the molecule is COC(=O)c1cnn2c1nnc1c(=O)n(-c3ccccc3)ccc12. The van der Waals surface area contributed by atoms with Gasteiger partial charge < -0.3 is 4.74 Å². The number of carbonyl (C=O) groups is 1. The number of rotatable bonds is 2. The molecule has 8 heteroatoms. The number of carbonyl (C=O) groups excluding carboxylic acids is 1. The minimum absolute atomic E-state index is 0.161. The Bertz CT molecular complexity index is 1130. The van der Waals surface area contributed by atoms with Crippen LogP contribution in [0.15, 0.2) is 53.6 Å². The van der Waals surface area contributed by atoms with Crippen LogP contribution in [0.5, 0.6) is 0 Å². The van der Waals surface area contributed by atoms with Crippen LogP contribution in [0.25, 0.3) is 22.4 Å². The molecule has 0 fully saturated rings. The van der Waals surface area contributed by atoms with Crippen LogP contribution in [0.1, 0.15) is 10.4 Å². The van der Waals surface area contributed by atoms with Gasteiger partial charge in [0, 0.05) is 11.9 Å². The van der Waals surface area contributed by atoms with Gasteiger partial charge in [0.1, 0.15) is 11.1 Å². The van der Waals surface area contributed by atoms with E-state index in [1.54, 1.807) is 12.3 Å². The molecule has 0 amide bonds. The van der Waals surface area contributed by atoms with E-state index in [4.69, 9.17) is 0 Å². The first kappa shape index (κ1) is 14.1. The molecule has 0 aliphatic carbocycles. The number of fused-ring (bicyclic) bond motifs is 3. The number of aromatic nitrogens is 5. The molecule has 0 saturated carbocycles. The van der Waals surface area contributed by atoms with Crippen LogP contribution in [0.4, 0.5) is 0 Å². The minimum atomic E-state index is -0.559. The van der Waals surface area contributed by atoms with Crippen molar-refractivity contribution < 1.29 is 9.53 Å². The normalized spacial score (nSPS) is 11.0. The van der Waals surface area contributed by atoms with Gasteiger partial charge in [0.15, 0.2) is 11.2 Å². The Balaban J connectivity index is 2.00. The fourth-order valence-corrected chi connectivity index (χ4v) is 2.54. The molecule has 4 aromatic rings. The highest BCUT2D eigenvalue weighted by molar-refractivity contribution is 5.96. The number of esters is 1. The van der Waals surface area contributed by atoms with Crippen LogP contribution < -0.4 is 5.56 Å². The Morgan fingerprint density at radius 3 is 2.67 bits per heavy atom. The maximum atomic E-state index is 12.7. The highest BCUT2D eigenvalue weighted by atomic mass is 16.5. The molecule has 0 saturated heterocycles. The molecule has 8 nitrogen and oxygen atoms in total. The third-order valence-corrected chi connectivity index (χ3v) is 3.70. The summed E-state index contributed by atoms with van der Waals surface area (Å²) in [7, 11) is 1.28. The van der Waals surface area contributed by atoms with Gasteiger partial charge in [-0.25, -0.2) is 9.31 Å². The van der Waals surface area contributed by atoms with E-state index in [1.165, 1.54) is 22.4 Å². The number of methoxy groups -OCH3 is 1. The van der Waals surface area contributed by atoms with Crippen LogP contribution >= 0.6 is 0 Å². The zero-order chi connectivity index (χ0) is 16.7. The minimum Gasteiger partial charge on any atom is -0.465 e. The fraction of sp³-hybridized carbons (Fsp3) is 0.0625.